The van der Waals surface area contributed by atoms with Gasteiger partial charge in [0.2, 0.25) is 5.56 Å². The number of aromatic amines is 1. The standard InChI is InChI=1S/C15H18N4O/c16-12-9-13-10(4-5-14(20)18-13)8-11(12)15(17)19-6-2-1-3-7-19/h4-5,8-9,17H,1-3,6-7,16H2,(H,18,20). The van der Waals surface area contributed by atoms with Gasteiger partial charge in [-0.3, -0.25) is 10.2 Å². The third-order valence-electron chi connectivity index (χ3n) is 3.82. The van der Waals surface area contributed by atoms with E-state index in [1.54, 1.807) is 12.1 Å². The maximum atomic E-state index is 11.3. The Bertz CT molecular complexity index is 713. The fraction of sp³-hybridized carbons (Fsp3) is 0.333. The van der Waals surface area contributed by atoms with Gasteiger partial charge in [0.05, 0.1) is 5.52 Å². The first kappa shape index (κ1) is 12.7. The Morgan fingerprint density at radius 3 is 2.70 bits per heavy atom. The van der Waals surface area contributed by atoms with Crippen molar-refractivity contribution in [3.63, 3.8) is 0 Å². The molecule has 0 aliphatic carbocycles. The normalized spacial score (nSPS) is 15.5. The van der Waals surface area contributed by atoms with E-state index in [1.165, 1.54) is 12.5 Å². The molecule has 0 saturated carbocycles. The van der Waals surface area contributed by atoms with Crippen LogP contribution in [0.1, 0.15) is 24.8 Å². The lowest BCUT2D eigenvalue weighted by atomic mass is 10.0. The molecule has 5 nitrogen and oxygen atoms in total. The minimum Gasteiger partial charge on any atom is -0.398 e. The number of hydrogen-bond acceptors (Lipinski definition) is 3. The number of pyridine rings is 1. The highest BCUT2D eigenvalue weighted by Gasteiger charge is 2.17. The average Bonchev–Trinajstić information content (AvgIpc) is 2.46. The largest absolute Gasteiger partial charge is 0.398 e. The molecule has 1 aliphatic heterocycles. The van der Waals surface area contributed by atoms with Crippen LogP contribution in [0, 0.1) is 5.41 Å². The number of piperidine rings is 1. The highest BCUT2D eigenvalue weighted by molar-refractivity contribution is 6.04. The van der Waals surface area contributed by atoms with Gasteiger partial charge < -0.3 is 15.6 Å². The lowest BCUT2D eigenvalue weighted by molar-refractivity contribution is 0.341. The summed E-state index contributed by atoms with van der Waals surface area (Å²) in [5, 5.41) is 9.26. The molecule has 1 fully saturated rings. The Morgan fingerprint density at radius 2 is 1.95 bits per heavy atom. The molecule has 5 heteroatoms. The summed E-state index contributed by atoms with van der Waals surface area (Å²) in [5.41, 5.74) is 7.90. The van der Waals surface area contributed by atoms with Crippen molar-refractivity contribution in [2.45, 2.75) is 19.3 Å². The summed E-state index contributed by atoms with van der Waals surface area (Å²) >= 11 is 0. The number of likely N-dealkylation sites (tertiary alicyclic amines) is 1. The van der Waals surface area contributed by atoms with Gasteiger partial charge in [0.15, 0.2) is 0 Å². The Morgan fingerprint density at radius 1 is 1.20 bits per heavy atom. The minimum absolute atomic E-state index is 0.143. The van der Waals surface area contributed by atoms with E-state index in [1.807, 2.05) is 6.07 Å². The molecule has 4 N–H and O–H groups in total. The van der Waals surface area contributed by atoms with Crippen LogP contribution in [0.3, 0.4) is 0 Å². The quantitative estimate of drug-likeness (QED) is 0.420. The number of nitrogens with two attached hydrogens (primary N) is 1. The van der Waals surface area contributed by atoms with E-state index in [-0.39, 0.29) is 5.56 Å². The van der Waals surface area contributed by atoms with Crippen LogP contribution in [0.2, 0.25) is 0 Å². The highest BCUT2D eigenvalue weighted by Crippen LogP contribution is 2.22. The van der Waals surface area contributed by atoms with Crippen LogP contribution in [-0.4, -0.2) is 28.8 Å². The zero-order valence-electron chi connectivity index (χ0n) is 11.3. The predicted molar refractivity (Wildman–Crippen MR) is 81.2 cm³/mol. The highest BCUT2D eigenvalue weighted by atomic mass is 16.1. The Hall–Kier alpha value is -2.30. The summed E-state index contributed by atoms with van der Waals surface area (Å²) in [4.78, 5) is 16.1. The first-order valence-electron chi connectivity index (χ1n) is 6.91. The van der Waals surface area contributed by atoms with Crippen LogP contribution in [0.5, 0.6) is 0 Å². The van der Waals surface area contributed by atoms with Crippen molar-refractivity contribution in [2.75, 3.05) is 18.8 Å². The van der Waals surface area contributed by atoms with E-state index in [2.05, 4.69) is 9.88 Å². The van der Waals surface area contributed by atoms with Gasteiger partial charge in [-0.1, -0.05) is 0 Å². The SMILES string of the molecule is N=C(c1cc2ccc(=O)[nH]c2cc1N)N1CCCCC1. The minimum atomic E-state index is -0.143. The molecule has 1 saturated heterocycles. The van der Waals surface area contributed by atoms with Crippen molar-refractivity contribution < 1.29 is 0 Å². The van der Waals surface area contributed by atoms with Crippen LogP contribution >= 0.6 is 0 Å². The van der Waals surface area contributed by atoms with E-state index in [0.29, 0.717) is 17.0 Å². The van der Waals surface area contributed by atoms with E-state index in [0.717, 1.165) is 36.9 Å². The molecule has 3 rings (SSSR count). The topological polar surface area (TPSA) is 86.0 Å². The van der Waals surface area contributed by atoms with Crippen LogP contribution in [0.15, 0.2) is 29.1 Å². The third-order valence-corrected chi connectivity index (χ3v) is 3.82. The van der Waals surface area contributed by atoms with Gasteiger partial charge in [0.1, 0.15) is 5.84 Å². The molecule has 0 spiro atoms. The number of nitrogen functional groups attached to an aromatic ring is 1. The maximum Gasteiger partial charge on any atom is 0.248 e. The number of nitrogens with zero attached hydrogens (tertiary/aromatic N) is 1. The number of hydrogen-bond donors (Lipinski definition) is 3. The van der Waals surface area contributed by atoms with Crippen LogP contribution in [-0.2, 0) is 0 Å². The third kappa shape index (κ3) is 2.27. The molecular weight excluding hydrogens is 252 g/mol. The number of rotatable bonds is 1. The second-order valence-corrected chi connectivity index (χ2v) is 5.25. The van der Waals surface area contributed by atoms with Crippen molar-refractivity contribution in [3.8, 4) is 0 Å². The van der Waals surface area contributed by atoms with Gasteiger partial charge in [-0.2, -0.15) is 0 Å². The molecule has 2 heterocycles. The van der Waals surface area contributed by atoms with Gasteiger partial charge >= 0.3 is 0 Å². The number of H-pyrrole nitrogens is 1. The van der Waals surface area contributed by atoms with Gasteiger partial charge in [0, 0.05) is 30.4 Å². The fourth-order valence-electron chi connectivity index (χ4n) is 2.71. The smallest absolute Gasteiger partial charge is 0.248 e. The Labute approximate surface area is 116 Å². The van der Waals surface area contributed by atoms with Crippen molar-refractivity contribution in [3.05, 3.63) is 40.2 Å². The number of aromatic nitrogens is 1. The summed E-state index contributed by atoms with van der Waals surface area (Å²) in [6.45, 7) is 1.84. The fourth-order valence-corrected chi connectivity index (χ4v) is 2.71. The van der Waals surface area contributed by atoms with Crippen LogP contribution < -0.4 is 11.3 Å². The molecule has 0 atom stereocenters. The number of anilines is 1. The summed E-state index contributed by atoms with van der Waals surface area (Å²) in [5.74, 6) is 0.482. The zero-order valence-corrected chi connectivity index (χ0v) is 11.3. The second-order valence-electron chi connectivity index (χ2n) is 5.25. The predicted octanol–water partition coefficient (Wildman–Crippen LogP) is 1.92. The molecule has 0 unspecified atom stereocenters. The molecule has 2 aromatic rings. The zero-order chi connectivity index (χ0) is 14.1. The number of fused-ring (bicyclic) bond motifs is 1. The van der Waals surface area contributed by atoms with Crippen molar-refractivity contribution in [1.29, 1.82) is 5.41 Å². The molecular formula is C15H18N4O. The summed E-state index contributed by atoms with van der Waals surface area (Å²) in [7, 11) is 0. The first-order valence-corrected chi connectivity index (χ1v) is 6.91. The summed E-state index contributed by atoms with van der Waals surface area (Å²) in [6, 6.07) is 6.88. The Balaban J connectivity index is 2.02. The number of amidine groups is 1. The molecule has 0 radical (unpaired) electrons. The number of benzene rings is 1. The molecule has 0 amide bonds. The molecule has 0 bridgehead atoms. The number of nitrogens with one attached hydrogen (secondary N) is 2. The summed E-state index contributed by atoms with van der Waals surface area (Å²) in [6.07, 6.45) is 3.49. The van der Waals surface area contributed by atoms with Gasteiger partial charge in [-0.15, -0.1) is 0 Å². The maximum absolute atomic E-state index is 11.3. The molecule has 104 valence electrons. The van der Waals surface area contributed by atoms with Gasteiger partial charge in [0.25, 0.3) is 0 Å². The molecule has 1 aromatic heterocycles. The molecule has 1 aliphatic rings. The lowest BCUT2D eigenvalue weighted by Gasteiger charge is -2.29. The van der Waals surface area contributed by atoms with E-state index >= 15 is 0 Å². The van der Waals surface area contributed by atoms with Crippen LogP contribution in [0.4, 0.5) is 5.69 Å². The van der Waals surface area contributed by atoms with E-state index in [9.17, 15) is 4.79 Å². The molecule has 1 aromatic carbocycles. The van der Waals surface area contributed by atoms with Gasteiger partial charge in [-0.25, -0.2) is 0 Å². The molecule has 20 heavy (non-hydrogen) atoms. The first-order chi connectivity index (χ1) is 9.65. The van der Waals surface area contributed by atoms with Crippen LogP contribution in [0.25, 0.3) is 10.9 Å². The van der Waals surface area contributed by atoms with Gasteiger partial charge in [-0.05, 0) is 42.8 Å². The van der Waals surface area contributed by atoms with E-state index in [4.69, 9.17) is 11.1 Å². The lowest BCUT2D eigenvalue weighted by Crippen LogP contribution is -2.36. The average molecular weight is 270 g/mol. The van der Waals surface area contributed by atoms with Crippen molar-refractivity contribution in [2.24, 2.45) is 0 Å². The summed E-state index contributed by atoms with van der Waals surface area (Å²) < 4.78 is 0. The monoisotopic (exact) mass is 270 g/mol. The van der Waals surface area contributed by atoms with Crippen molar-refractivity contribution in [1.82, 2.24) is 9.88 Å². The van der Waals surface area contributed by atoms with E-state index < -0.39 is 0 Å². The van der Waals surface area contributed by atoms with Crippen molar-refractivity contribution >= 4 is 22.4 Å². The second kappa shape index (κ2) is 5.00. The Kier molecular flexibility index (Phi) is 3.18.